The molecule has 0 aliphatic rings. The lowest BCUT2D eigenvalue weighted by Crippen LogP contribution is -2.23. The van der Waals surface area contributed by atoms with Gasteiger partial charge in [-0.1, -0.05) is 18.7 Å². The van der Waals surface area contributed by atoms with Crippen LogP contribution in [0.2, 0.25) is 0 Å². The van der Waals surface area contributed by atoms with E-state index in [2.05, 4.69) is 21.9 Å². The van der Waals surface area contributed by atoms with Gasteiger partial charge in [0.1, 0.15) is 11.6 Å². The van der Waals surface area contributed by atoms with E-state index in [1.807, 2.05) is 23.6 Å². The van der Waals surface area contributed by atoms with Gasteiger partial charge in [0.05, 0.1) is 17.9 Å². The van der Waals surface area contributed by atoms with Gasteiger partial charge >= 0.3 is 6.09 Å². The molecular formula is C13H13N3O2S. The number of aromatic nitrogens is 2. The third-order valence-electron chi connectivity index (χ3n) is 2.18. The monoisotopic (exact) mass is 275 g/mol. The third kappa shape index (κ3) is 3.89. The molecule has 1 N–H and O–H groups in total. The Hall–Kier alpha value is -2.21. The summed E-state index contributed by atoms with van der Waals surface area (Å²) in [6.45, 7) is 3.99. The average molecular weight is 275 g/mol. The molecule has 0 fully saturated rings. The standard InChI is InChI=1S/C13H13N3O2S/c1-2-7-18-13(17)15-8-10-9-19-12(16-10)11-5-3-4-6-14-11/h2-6,9H,1,7-8H2,(H,15,17). The fourth-order valence-corrected chi connectivity index (χ4v) is 2.14. The molecule has 98 valence electrons. The number of hydrogen-bond acceptors (Lipinski definition) is 5. The van der Waals surface area contributed by atoms with Gasteiger partial charge in [0.15, 0.2) is 0 Å². The van der Waals surface area contributed by atoms with E-state index in [1.165, 1.54) is 17.4 Å². The number of thiazole rings is 1. The maximum absolute atomic E-state index is 11.2. The molecule has 0 aromatic carbocycles. The number of amides is 1. The topological polar surface area (TPSA) is 64.1 Å². The van der Waals surface area contributed by atoms with Crippen molar-refractivity contribution in [2.45, 2.75) is 6.54 Å². The highest BCUT2D eigenvalue weighted by Gasteiger charge is 2.07. The van der Waals surface area contributed by atoms with Crippen LogP contribution in [0, 0.1) is 0 Å². The van der Waals surface area contributed by atoms with Crippen LogP contribution in [0.1, 0.15) is 5.69 Å². The van der Waals surface area contributed by atoms with Crippen LogP contribution in [0.15, 0.2) is 42.4 Å². The highest BCUT2D eigenvalue weighted by atomic mass is 32.1. The van der Waals surface area contributed by atoms with Gasteiger partial charge in [-0.15, -0.1) is 11.3 Å². The van der Waals surface area contributed by atoms with Crippen molar-refractivity contribution in [3.05, 3.63) is 48.1 Å². The quantitative estimate of drug-likeness (QED) is 0.852. The maximum atomic E-state index is 11.2. The molecule has 0 saturated heterocycles. The zero-order chi connectivity index (χ0) is 13.5. The van der Waals surface area contributed by atoms with E-state index in [0.29, 0.717) is 6.54 Å². The average Bonchev–Trinajstić information content (AvgIpc) is 2.93. The molecule has 1 amide bonds. The molecule has 0 bridgehead atoms. The highest BCUT2D eigenvalue weighted by molar-refractivity contribution is 7.13. The van der Waals surface area contributed by atoms with Crippen LogP contribution >= 0.6 is 11.3 Å². The number of carbonyl (C=O) groups is 1. The lowest BCUT2D eigenvalue weighted by atomic mass is 10.4. The van der Waals surface area contributed by atoms with E-state index in [0.717, 1.165) is 16.4 Å². The lowest BCUT2D eigenvalue weighted by Gasteiger charge is -2.02. The number of ether oxygens (including phenoxy) is 1. The van der Waals surface area contributed by atoms with Gasteiger partial charge in [-0.25, -0.2) is 9.78 Å². The lowest BCUT2D eigenvalue weighted by molar-refractivity contribution is 0.157. The van der Waals surface area contributed by atoms with Crippen molar-refractivity contribution in [2.24, 2.45) is 0 Å². The van der Waals surface area contributed by atoms with Crippen molar-refractivity contribution in [3.8, 4) is 10.7 Å². The summed E-state index contributed by atoms with van der Waals surface area (Å²) in [4.78, 5) is 19.9. The summed E-state index contributed by atoms with van der Waals surface area (Å²) in [5.41, 5.74) is 1.61. The molecule has 0 atom stereocenters. The first-order valence-corrected chi connectivity index (χ1v) is 6.55. The van der Waals surface area contributed by atoms with E-state index in [-0.39, 0.29) is 6.61 Å². The van der Waals surface area contributed by atoms with Gasteiger partial charge in [-0.3, -0.25) is 4.98 Å². The molecule has 0 saturated carbocycles. The first-order valence-electron chi connectivity index (χ1n) is 5.67. The van der Waals surface area contributed by atoms with Gasteiger partial charge in [0.25, 0.3) is 0 Å². The molecule has 2 rings (SSSR count). The van der Waals surface area contributed by atoms with E-state index in [4.69, 9.17) is 4.74 Å². The summed E-state index contributed by atoms with van der Waals surface area (Å²) < 4.78 is 4.80. The van der Waals surface area contributed by atoms with E-state index >= 15 is 0 Å². The number of nitrogens with zero attached hydrogens (tertiary/aromatic N) is 2. The Morgan fingerprint density at radius 1 is 1.53 bits per heavy atom. The Bertz CT molecular complexity index is 554. The SMILES string of the molecule is C=CCOC(=O)NCc1csc(-c2ccccn2)n1. The molecule has 0 radical (unpaired) electrons. The van der Waals surface area contributed by atoms with Crippen molar-refractivity contribution in [2.75, 3.05) is 6.61 Å². The van der Waals surface area contributed by atoms with Crippen LogP contribution in [-0.4, -0.2) is 22.7 Å². The molecule has 6 heteroatoms. The maximum Gasteiger partial charge on any atom is 0.407 e. The highest BCUT2D eigenvalue weighted by Crippen LogP contribution is 2.21. The van der Waals surface area contributed by atoms with Crippen LogP contribution in [0.3, 0.4) is 0 Å². The zero-order valence-corrected chi connectivity index (χ0v) is 11.0. The molecule has 0 aliphatic carbocycles. The predicted molar refractivity (Wildman–Crippen MR) is 73.7 cm³/mol. The van der Waals surface area contributed by atoms with Crippen LogP contribution in [0.5, 0.6) is 0 Å². The smallest absolute Gasteiger partial charge is 0.407 e. The summed E-state index contributed by atoms with van der Waals surface area (Å²) in [6.07, 6.45) is 2.76. The largest absolute Gasteiger partial charge is 0.445 e. The summed E-state index contributed by atoms with van der Waals surface area (Å²) in [5, 5.41) is 5.33. The Balaban J connectivity index is 1.91. The van der Waals surface area contributed by atoms with Gasteiger partial charge in [-0.2, -0.15) is 0 Å². The van der Waals surface area contributed by atoms with Crippen LogP contribution < -0.4 is 5.32 Å². The Morgan fingerprint density at radius 2 is 2.42 bits per heavy atom. The summed E-state index contributed by atoms with van der Waals surface area (Å²) in [5.74, 6) is 0. The van der Waals surface area contributed by atoms with Crippen molar-refractivity contribution in [1.82, 2.24) is 15.3 Å². The van der Waals surface area contributed by atoms with E-state index < -0.39 is 6.09 Å². The Morgan fingerprint density at radius 3 is 3.16 bits per heavy atom. The minimum absolute atomic E-state index is 0.197. The number of pyridine rings is 1. The second-order valence-corrected chi connectivity index (χ2v) is 4.46. The predicted octanol–water partition coefficient (Wildman–Crippen LogP) is 2.62. The molecule has 2 aromatic rings. The van der Waals surface area contributed by atoms with Gasteiger partial charge in [0, 0.05) is 11.6 Å². The summed E-state index contributed by atoms with van der Waals surface area (Å²) in [6, 6.07) is 5.66. The minimum atomic E-state index is -0.479. The normalized spacial score (nSPS) is 9.89. The molecule has 2 heterocycles. The van der Waals surface area contributed by atoms with Crippen LogP contribution in [-0.2, 0) is 11.3 Å². The molecule has 2 aromatic heterocycles. The molecule has 0 spiro atoms. The number of rotatable bonds is 5. The van der Waals surface area contributed by atoms with Crippen molar-refractivity contribution >= 4 is 17.4 Å². The van der Waals surface area contributed by atoms with Crippen LogP contribution in [0.4, 0.5) is 4.79 Å². The summed E-state index contributed by atoms with van der Waals surface area (Å²) >= 11 is 1.49. The second kappa shape index (κ2) is 6.65. The molecule has 19 heavy (non-hydrogen) atoms. The summed E-state index contributed by atoms with van der Waals surface area (Å²) in [7, 11) is 0. The van der Waals surface area contributed by atoms with Crippen LogP contribution in [0.25, 0.3) is 10.7 Å². The molecule has 0 aliphatic heterocycles. The molecule has 0 unspecified atom stereocenters. The van der Waals surface area contributed by atoms with Crippen molar-refractivity contribution < 1.29 is 9.53 Å². The van der Waals surface area contributed by atoms with Crippen molar-refractivity contribution in [1.29, 1.82) is 0 Å². The fourth-order valence-electron chi connectivity index (χ4n) is 1.34. The van der Waals surface area contributed by atoms with Gasteiger partial charge < -0.3 is 10.1 Å². The van der Waals surface area contributed by atoms with Gasteiger partial charge in [-0.05, 0) is 12.1 Å². The fraction of sp³-hybridized carbons (Fsp3) is 0.154. The number of hydrogen-bond donors (Lipinski definition) is 1. The number of alkyl carbamates (subject to hydrolysis) is 1. The number of nitrogens with one attached hydrogen (secondary N) is 1. The van der Waals surface area contributed by atoms with E-state index in [9.17, 15) is 4.79 Å². The molecular weight excluding hydrogens is 262 g/mol. The zero-order valence-electron chi connectivity index (χ0n) is 10.2. The first kappa shape index (κ1) is 13.2. The van der Waals surface area contributed by atoms with Gasteiger partial charge in [0.2, 0.25) is 0 Å². The number of carbonyl (C=O) groups excluding carboxylic acids is 1. The second-order valence-electron chi connectivity index (χ2n) is 3.60. The first-order chi connectivity index (χ1) is 9.29. The third-order valence-corrected chi connectivity index (χ3v) is 3.10. The molecule has 5 nitrogen and oxygen atoms in total. The Labute approximate surface area is 115 Å². The van der Waals surface area contributed by atoms with E-state index in [1.54, 1.807) is 6.20 Å². The minimum Gasteiger partial charge on any atom is -0.445 e. The Kier molecular flexibility index (Phi) is 4.63. The van der Waals surface area contributed by atoms with Crippen molar-refractivity contribution in [3.63, 3.8) is 0 Å².